The predicted octanol–water partition coefficient (Wildman–Crippen LogP) is 0.0395. The molecule has 0 unspecified atom stereocenters. The molecule has 0 radical (unpaired) electrons. The van der Waals surface area contributed by atoms with Gasteiger partial charge >= 0.3 is 5.97 Å². The number of hydrogen-bond donors (Lipinski definition) is 1. The van der Waals surface area contributed by atoms with Gasteiger partial charge in [-0.05, 0) is 6.42 Å². The van der Waals surface area contributed by atoms with Crippen LogP contribution in [0, 0.1) is 5.92 Å². The zero-order valence-corrected chi connectivity index (χ0v) is 11.3. The fourth-order valence-electron chi connectivity index (χ4n) is 2.94. The molecule has 1 fully saturated rings. The van der Waals surface area contributed by atoms with Crippen LogP contribution in [-0.2, 0) is 29.5 Å². The number of hydrogen-bond acceptors (Lipinski definition) is 4. The van der Waals surface area contributed by atoms with E-state index in [0.29, 0.717) is 38.3 Å². The Morgan fingerprint density at radius 2 is 2.25 bits per heavy atom. The Labute approximate surface area is 116 Å². The highest BCUT2D eigenvalue weighted by molar-refractivity contribution is 5.88. The van der Waals surface area contributed by atoms with Crippen LogP contribution >= 0.6 is 0 Å². The summed E-state index contributed by atoms with van der Waals surface area (Å²) >= 11 is 0. The Kier molecular flexibility index (Phi) is 3.21. The van der Waals surface area contributed by atoms with Crippen LogP contribution in [0.3, 0.4) is 0 Å². The number of carbonyl (C=O) groups is 2. The molecule has 3 heterocycles. The predicted molar refractivity (Wildman–Crippen MR) is 68.2 cm³/mol. The highest BCUT2D eigenvalue weighted by Gasteiger charge is 2.33. The summed E-state index contributed by atoms with van der Waals surface area (Å²) in [6.45, 7) is 2.05. The van der Waals surface area contributed by atoms with Crippen molar-refractivity contribution >= 4 is 11.9 Å². The van der Waals surface area contributed by atoms with E-state index in [1.807, 2.05) is 0 Å². The van der Waals surface area contributed by atoms with Crippen LogP contribution in [0.2, 0.25) is 0 Å². The molecular formula is C13H17N3O4. The van der Waals surface area contributed by atoms with Gasteiger partial charge in [0.2, 0.25) is 5.91 Å². The number of ether oxygens (including phenoxy) is 1. The first-order valence-corrected chi connectivity index (χ1v) is 6.72. The first-order chi connectivity index (χ1) is 9.58. The summed E-state index contributed by atoms with van der Waals surface area (Å²) in [5.41, 5.74) is 1.63. The summed E-state index contributed by atoms with van der Waals surface area (Å²) in [5.74, 6) is -1.06. The number of fused-ring (bicyclic) bond motifs is 1. The number of carboxylic acids is 1. The molecular weight excluding hydrogens is 262 g/mol. The summed E-state index contributed by atoms with van der Waals surface area (Å²) in [6.07, 6.45) is 1.40. The van der Waals surface area contributed by atoms with E-state index in [2.05, 4.69) is 5.10 Å². The van der Waals surface area contributed by atoms with Crippen LogP contribution in [0.15, 0.2) is 0 Å². The largest absolute Gasteiger partial charge is 0.476 e. The van der Waals surface area contributed by atoms with Gasteiger partial charge in [0.1, 0.15) is 0 Å². The third-order valence-corrected chi connectivity index (χ3v) is 4.04. The maximum absolute atomic E-state index is 12.4. The molecule has 2 aliphatic heterocycles. The molecule has 7 heteroatoms. The first-order valence-electron chi connectivity index (χ1n) is 6.72. The number of rotatable bonds is 2. The van der Waals surface area contributed by atoms with Gasteiger partial charge in [-0.25, -0.2) is 4.79 Å². The third-order valence-electron chi connectivity index (χ3n) is 4.04. The molecule has 1 amide bonds. The van der Waals surface area contributed by atoms with Crippen molar-refractivity contribution in [1.29, 1.82) is 0 Å². The molecule has 2 aliphatic rings. The van der Waals surface area contributed by atoms with Crippen molar-refractivity contribution < 1.29 is 19.4 Å². The zero-order valence-electron chi connectivity index (χ0n) is 11.3. The molecule has 1 N–H and O–H groups in total. The highest BCUT2D eigenvalue weighted by atomic mass is 16.5. The standard InChI is InChI=1S/C13H17N3O4/c1-15-10-2-4-16(12(17)8-3-5-20-7-8)6-9(10)11(14-15)13(18)19/h8H,2-7H2,1H3,(H,18,19)/t8-/m0/s1. The number of carboxylic acid groups (broad SMARTS) is 1. The maximum Gasteiger partial charge on any atom is 0.356 e. The molecule has 1 saturated heterocycles. The third kappa shape index (κ3) is 2.07. The number of aryl methyl sites for hydroxylation is 1. The lowest BCUT2D eigenvalue weighted by Crippen LogP contribution is -2.40. The summed E-state index contributed by atoms with van der Waals surface area (Å²) in [5, 5.41) is 13.2. The average molecular weight is 279 g/mol. The molecule has 20 heavy (non-hydrogen) atoms. The topological polar surface area (TPSA) is 84.7 Å². The second-order valence-electron chi connectivity index (χ2n) is 5.27. The van der Waals surface area contributed by atoms with Crippen molar-refractivity contribution in [1.82, 2.24) is 14.7 Å². The molecule has 108 valence electrons. The Morgan fingerprint density at radius 1 is 1.45 bits per heavy atom. The lowest BCUT2D eigenvalue weighted by atomic mass is 10.0. The second-order valence-corrected chi connectivity index (χ2v) is 5.27. The van der Waals surface area contributed by atoms with Gasteiger partial charge in [-0.15, -0.1) is 0 Å². The summed E-state index contributed by atoms with van der Waals surface area (Å²) in [6, 6.07) is 0. The molecule has 0 saturated carbocycles. The van der Waals surface area contributed by atoms with E-state index < -0.39 is 5.97 Å². The average Bonchev–Trinajstić information content (AvgIpc) is 3.06. The molecule has 0 spiro atoms. The van der Waals surface area contributed by atoms with Gasteiger partial charge in [-0.2, -0.15) is 5.10 Å². The number of nitrogens with zero attached hydrogens (tertiary/aromatic N) is 3. The number of carbonyl (C=O) groups excluding carboxylic acids is 1. The first kappa shape index (κ1) is 13.1. The Morgan fingerprint density at radius 3 is 2.90 bits per heavy atom. The maximum atomic E-state index is 12.4. The lowest BCUT2D eigenvalue weighted by Gasteiger charge is -2.29. The summed E-state index contributed by atoms with van der Waals surface area (Å²) in [4.78, 5) is 25.3. The van der Waals surface area contributed by atoms with E-state index in [4.69, 9.17) is 4.74 Å². The van der Waals surface area contributed by atoms with Crippen molar-refractivity contribution in [3.63, 3.8) is 0 Å². The number of aromatic nitrogens is 2. The SMILES string of the molecule is Cn1nc(C(=O)O)c2c1CCN(C(=O)[C@H]1CCOC1)C2. The van der Waals surface area contributed by atoms with E-state index in [1.165, 1.54) is 0 Å². The van der Waals surface area contributed by atoms with Crippen LogP contribution in [0.1, 0.15) is 28.2 Å². The molecule has 7 nitrogen and oxygen atoms in total. The van der Waals surface area contributed by atoms with Crippen molar-refractivity contribution in [2.75, 3.05) is 19.8 Å². The summed E-state index contributed by atoms with van der Waals surface area (Å²) < 4.78 is 6.86. The van der Waals surface area contributed by atoms with E-state index in [-0.39, 0.29) is 17.5 Å². The van der Waals surface area contributed by atoms with Crippen LogP contribution in [-0.4, -0.2) is 51.4 Å². The molecule has 1 aromatic rings. The normalized spacial score (nSPS) is 21.9. The van der Waals surface area contributed by atoms with Crippen LogP contribution in [0.25, 0.3) is 0 Å². The van der Waals surface area contributed by atoms with Crippen molar-refractivity contribution in [3.05, 3.63) is 17.0 Å². The minimum atomic E-state index is -1.04. The van der Waals surface area contributed by atoms with E-state index in [1.54, 1.807) is 16.6 Å². The minimum Gasteiger partial charge on any atom is -0.476 e. The van der Waals surface area contributed by atoms with Gasteiger partial charge in [-0.3, -0.25) is 9.48 Å². The van der Waals surface area contributed by atoms with Gasteiger partial charge < -0.3 is 14.7 Å². The van der Waals surface area contributed by atoms with Crippen LogP contribution in [0.5, 0.6) is 0 Å². The highest BCUT2D eigenvalue weighted by Crippen LogP contribution is 2.25. The van der Waals surface area contributed by atoms with E-state index in [9.17, 15) is 14.7 Å². The lowest BCUT2D eigenvalue weighted by molar-refractivity contribution is -0.136. The molecule has 1 atom stereocenters. The minimum absolute atomic E-state index is 0.0580. The van der Waals surface area contributed by atoms with Gasteiger partial charge in [0.05, 0.1) is 12.5 Å². The Bertz CT molecular complexity index is 560. The molecule has 3 rings (SSSR count). The molecule has 0 aliphatic carbocycles. The fraction of sp³-hybridized carbons (Fsp3) is 0.615. The van der Waals surface area contributed by atoms with Gasteiger partial charge in [0.15, 0.2) is 5.69 Å². The number of aromatic carboxylic acids is 1. The zero-order chi connectivity index (χ0) is 14.3. The molecule has 0 aromatic carbocycles. The van der Waals surface area contributed by atoms with Crippen LogP contribution < -0.4 is 0 Å². The smallest absolute Gasteiger partial charge is 0.356 e. The summed E-state index contributed by atoms with van der Waals surface area (Å²) in [7, 11) is 1.74. The quantitative estimate of drug-likeness (QED) is 0.826. The van der Waals surface area contributed by atoms with Gasteiger partial charge in [0, 0.05) is 44.4 Å². The number of amides is 1. The fourth-order valence-corrected chi connectivity index (χ4v) is 2.94. The van der Waals surface area contributed by atoms with Gasteiger partial charge in [-0.1, -0.05) is 0 Å². The molecule has 1 aromatic heterocycles. The van der Waals surface area contributed by atoms with Crippen molar-refractivity contribution in [2.45, 2.75) is 19.4 Å². The van der Waals surface area contributed by atoms with E-state index >= 15 is 0 Å². The van der Waals surface area contributed by atoms with Crippen molar-refractivity contribution in [2.24, 2.45) is 13.0 Å². The van der Waals surface area contributed by atoms with E-state index in [0.717, 1.165) is 12.1 Å². The second kappa shape index (κ2) is 4.90. The molecule has 0 bridgehead atoms. The van der Waals surface area contributed by atoms with Crippen LogP contribution in [0.4, 0.5) is 0 Å². The Hall–Kier alpha value is -1.89. The van der Waals surface area contributed by atoms with Gasteiger partial charge in [0.25, 0.3) is 0 Å². The monoisotopic (exact) mass is 279 g/mol. The van der Waals surface area contributed by atoms with Crippen molar-refractivity contribution in [3.8, 4) is 0 Å². The Balaban J connectivity index is 1.83.